The van der Waals surface area contributed by atoms with Gasteiger partial charge in [0.25, 0.3) is 0 Å². The number of anilines is 2. The van der Waals surface area contributed by atoms with Gasteiger partial charge in [-0.05, 0) is 49.9 Å². The summed E-state index contributed by atoms with van der Waals surface area (Å²) in [6.07, 6.45) is 2.15. The van der Waals surface area contributed by atoms with Crippen molar-refractivity contribution in [3.63, 3.8) is 0 Å². The summed E-state index contributed by atoms with van der Waals surface area (Å²) in [4.78, 5) is 26.7. The van der Waals surface area contributed by atoms with Crippen molar-refractivity contribution in [3.8, 4) is 6.07 Å². The van der Waals surface area contributed by atoms with Crippen molar-refractivity contribution in [2.45, 2.75) is 30.6 Å². The first kappa shape index (κ1) is 24.7. The van der Waals surface area contributed by atoms with Crippen molar-refractivity contribution in [2.24, 2.45) is 17.6 Å². The predicted molar refractivity (Wildman–Crippen MR) is 132 cm³/mol. The lowest BCUT2D eigenvalue weighted by atomic mass is 9.95. The monoisotopic (exact) mass is 495 g/mol. The van der Waals surface area contributed by atoms with Gasteiger partial charge in [-0.1, -0.05) is 24.3 Å². The topological polar surface area (TPSA) is 137 Å². The van der Waals surface area contributed by atoms with E-state index < -0.39 is 10.0 Å². The number of nitrogens with two attached hydrogens (primary N) is 1. The first-order valence-corrected chi connectivity index (χ1v) is 13.2. The van der Waals surface area contributed by atoms with Gasteiger partial charge in [0.15, 0.2) is 0 Å². The molecule has 4 rings (SSSR count). The second kappa shape index (κ2) is 10.5. The van der Waals surface area contributed by atoms with Crippen molar-refractivity contribution in [1.82, 2.24) is 4.31 Å². The molecule has 0 radical (unpaired) electrons. The highest BCUT2D eigenvalue weighted by atomic mass is 32.2. The third kappa shape index (κ3) is 5.31. The van der Waals surface area contributed by atoms with E-state index >= 15 is 0 Å². The molecule has 184 valence electrons. The summed E-state index contributed by atoms with van der Waals surface area (Å²) in [5.74, 6) is -0.842. The number of carbonyl (C=O) groups excluding carboxylic acids is 2. The van der Waals surface area contributed by atoms with Gasteiger partial charge in [-0.2, -0.15) is 9.57 Å². The number of primary amides is 1. The average molecular weight is 496 g/mol. The molecule has 2 aromatic carbocycles. The maximum absolute atomic E-state index is 13.1. The van der Waals surface area contributed by atoms with Crippen LogP contribution in [0.2, 0.25) is 0 Å². The van der Waals surface area contributed by atoms with Crippen LogP contribution in [0.25, 0.3) is 0 Å². The van der Waals surface area contributed by atoms with Crippen LogP contribution in [-0.4, -0.2) is 50.7 Å². The molecule has 10 heteroatoms. The van der Waals surface area contributed by atoms with Crippen LogP contribution in [0.3, 0.4) is 0 Å². The fourth-order valence-corrected chi connectivity index (χ4v) is 6.39. The minimum absolute atomic E-state index is 0.000523. The van der Waals surface area contributed by atoms with Crippen molar-refractivity contribution >= 4 is 33.2 Å². The molecule has 0 aromatic heterocycles. The summed E-state index contributed by atoms with van der Waals surface area (Å²) < 4.78 is 27.5. The molecule has 0 unspecified atom stereocenters. The zero-order valence-corrected chi connectivity index (χ0v) is 20.2. The fraction of sp³-hybridized carbons (Fsp3) is 0.400. The number of sulfonamides is 1. The van der Waals surface area contributed by atoms with Crippen LogP contribution in [0.4, 0.5) is 11.4 Å². The van der Waals surface area contributed by atoms with E-state index in [1.54, 1.807) is 12.1 Å². The van der Waals surface area contributed by atoms with Crippen LogP contribution >= 0.6 is 0 Å². The Labute approximate surface area is 205 Å². The Morgan fingerprint density at radius 3 is 2.17 bits per heavy atom. The molecule has 9 nitrogen and oxygen atoms in total. The molecule has 2 amide bonds. The van der Waals surface area contributed by atoms with E-state index in [0.717, 1.165) is 5.69 Å². The SMILES string of the molecule is N#Cc1ccccc1S(=O)(=O)N1CCC(C(=O)Nc2ccccc2N2CCC(C(N)=O)CC2)CC1. The number of benzene rings is 2. The summed E-state index contributed by atoms with van der Waals surface area (Å²) >= 11 is 0. The molecule has 2 aliphatic rings. The lowest BCUT2D eigenvalue weighted by Crippen LogP contribution is -2.42. The molecule has 0 atom stereocenters. The highest BCUT2D eigenvalue weighted by molar-refractivity contribution is 7.89. The quantitative estimate of drug-likeness (QED) is 0.631. The first-order chi connectivity index (χ1) is 16.8. The molecule has 0 aliphatic carbocycles. The van der Waals surface area contributed by atoms with Gasteiger partial charge in [-0.15, -0.1) is 0 Å². The smallest absolute Gasteiger partial charge is 0.244 e. The minimum atomic E-state index is -3.81. The summed E-state index contributed by atoms with van der Waals surface area (Å²) in [6, 6.07) is 15.7. The van der Waals surface area contributed by atoms with Gasteiger partial charge >= 0.3 is 0 Å². The lowest BCUT2D eigenvalue weighted by molar-refractivity contribution is -0.122. The Morgan fingerprint density at radius 2 is 1.51 bits per heavy atom. The van der Waals surface area contributed by atoms with Crippen molar-refractivity contribution in [1.29, 1.82) is 5.26 Å². The third-order valence-corrected chi connectivity index (χ3v) is 8.81. The van der Waals surface area contributed by atoms with E-state index in [2.05, 4.69) is 10.2 Å². The summed E-state index contributed by atoms with van der Waals surface area (Å²) in [7, 11) is -3.81. The molecule has 0 bridgehead atoms. The van der Waals surface area contributed by atoms with Crippen LogP contribution in [-0.2, 0) is 19.6 Å². The van der Waals surface area contributed by atoms with Crippen molar-refractivity contribution in [2.75, 3.05) is 36.4 Å². The molecule has 35 heavy (non-hydrogen) atoms. The van der Waals surface area contributed by atoms with E-state index in [1.807, 2.05) is 30.3 Å². The molecular formula is C25H29N5O4S. The van der Waals surface area contributed by atoms with Gasteiger partial charge in [0.1, 0.15) is 6.07 Å². The number of nitrogens with one attached hydrogen (secondary N) is 1. The molecular weight excluding hydrogens is 466 g/mol. The molecule has 0 spiro atoms. The maximum atomic E-state index is 13.1. The Balaban J connectivity index is 1.39. The molecule has 2 aliphatic heterocycles. The number of hydrogen-bond donors (Lipinski definition) is 2. The number of rotatable bonds is 6. The molecule has 0 saturated carbocycles. The van der Waals surface area contributed by atoms with E-state index in [9.17, 15) is 23.3 Å². The van der Waals surface area contributed by atoms with E-state index in [4.69, 9.17) is 5.73 Å². The van der Waals surface area contributed by atoms with Crippen LogP contribution in [0.1, 0.15) is 31.2 Å². The van der Waals surface area contributed by atoms with Crippen LogP contribution in [0.5, 0.6) is 0 Å². The van der Waals surface area contributed by atoms with Crippen molar-refractivity contribution in [3.05, 3.63) is 54.1 Å². The minimum Gasteiger partial charge on any atom is -0.370 e. The largest absolute Gasteiger partial charge is 0.370 e. The van der Waals surface area contributed by atoms with E-state index in [1.165, 1.54) is 16.4 Å². The van der Waals surface area contributed by atoms with E-state index in [0.29, 0.717) is 44.5 Å². The molecule has 2 saturated heterocycles. The molecule has 2 aromatic rings. The Morgan fingerprint density at radius 1 is 0.914 bits per heavy atom. The third-order valence-electron chi connectivity index (χ3n) is 6.85. The van der Waals surface area contributed by atoms with Crippen LogP contribution < -0.4 is 16.0 Å². The number of piperidine rings is 2. The number of amides is 2. The highest BCUT2D eigenvalue weighted by Crippen LogP contribution is 2.31. The Hall–Kier alpha value is -3.42. The fourth-order valence-electron chi connectivity index (χ4n) is 4.78. The molecule has 3 N–H and O–H groups in total. The summed E-state index contributed by atoms with van der Waals surface area (Å²) in [6.45, 7) is 1.78. The second-order valence-corrected chi connectivity index (χ2v) is 10.9. The zero-order chi connectivity index (χ0) is 25.0. The second-order valence-electron chi connectivity index (χ2n) is 8.96. The molecule has 2 fully saturated rings. The predicted octanol–water partition coefficient (Wildman–Crippen LogP) is 2.30. The highest BCUT2D eigenvalue weighted by Gasteiger charge is 2.33. The van der Waals surface area contributed by atoms with E-state index in [-0.39, 0.29) is 47.2 Å². The number of para-hydroxylation sites is 2. The number of hydrogen-bond acceptors (Lipinski definition) is 6. The molecule has 2 heterocycles. The lowest BCUT2D eigenvalue weighted by Gasteiger charge is -2.34. The normalized spacial score (nSPS) is 18.1. The number of nitrogens with zero attached hydrogens (tertiary/aromatic N) is 3. The summed E-state index contributed by atoms with van der Waals surface area (Å²) in [5.41, 5.74) is 7.16. The van der Waals surface area contributed by atoms with Crippen molar-refractivity contribution < 1.29 is 18.0 Å². The van der Waals surface area contributed by atoms with Gasteiger partial charge in [-0.3, -0.25) is 9.59 Å². The van der Waals surface area contributed by atoms with Gasteiger partial charge in [0, 0.05) is 38.0 Å². The van der Waals surface area contributed by atoms with Gasteiger partial charge < -0.3 is 16.0 Å². The van der Waals surface area contributed by atoms with Gasteiger partial charge in [-0.25, -0.2) is 8.42 Å². The average Bonchev–Trinajstić information content (AvgIpc) is 2.89. The maximum Gasteiger partial charge on any atom is 0.244 e. The number of carbonyl (C=O) groups is 2. The zero-order valence-electron chi connectivity index (χ0n) is 19.4. The number of nitriles is 1. The Bertz CT molecular complexity index is 1240. The van der Waals surface area contributed by atoms with Crippen LogP contribution in [0.15, 0.2) is 53.4 Å². The summed E-state index contributed by atoms with van der Waals surface area (Å²) in [5, 5.41) is 12.3. The van der Waals surface area contributed by atoms with Gasteiger partial charge in [0.05, 0.1) is 21.8 Å². The first-order valence-electron chi connectivity index (χ1n) is 11.7. The Kier molecular flexibility index (Phi) is 7.38. The van der Waals surface area contributed by atoms with Crippen LogP contribution in [0, 0.1) is 23.2 Å². The standard InChI is InChI=1S/C25H29N5O4S/c26-17-20-5-1-4-8-23(20)35(33,34)30-15-11-19(12-16-30)25(32)28-21-6-2-3-7-22(21)29-13-9-18(10-14-29)24(27)31/h1-8,18-19H,9-16H2,(H2,27,31)(H,28,32). The van der Waals surface area contributed by atoms with Gasteiger partial charge in [0.2, 0.25) is 21.8 Å².